The average Bonchev–Trinajstić information content (AvgIpc) is 3.72. The average molecular weight is 867 g/mol. The molecule has 1 aromatic heterocycles. The molecular formula is C64H42N4. The van der Waals surface area contributed by atoms with Gasteiger partial charge in [0.1, 0.15) is 0 Å². The molecule has 0 radical (unpaired) electrons. The second-order valence-electron chi connectivity index (χ2n) is 17.5. The molecule has 1 aliphatic carbocycles. The van der Waals surface area contributed by atoms with Crippen molar-refractivity contribution in [1.82, 2.24) is 15.0 Å². The quantitative estimate of drug-likeness (QED) is 0.160. The van der Waals surface area contributed by atoms with E-state index in [1.54, 1.807) is 0 Å². The van der Waals surface area contributed by atoms with Crippen LogP contribution in [-0.2, 0) is 5.41 Å². The van der Waals surface area contributed by atoms with Gasteiger partial charge in [-0.15, -0.1) is 0 Å². The van der Waals surface area contributed by atoms with Gasteiger partial charge in [0, 0.05) is 22.4 Å². The van der Waals surface area contributed by atoms with Crippen LogP contribution in [0.15, 0.2) is 255 Å². The third kappa shape index (κ3) is 6.41. The Morgan fingerprint density at radius 2 is 0.632 bits per heavy atom. The van der Waals surface area contributed by atoms with Gasteiger partial charge < -0.3 is 4.90 Å². The standard InChI is InChI=1S/C64H42N4/c1-4-17-43(18-5-1)44-31-33-45(34-32-44)46-35-37-48(38-36-46)62-65-61(47-19-6-2-7-20-47)66-63(67-62)51-22-16-21-49(41-51)50-39-40-58-60(42-50)68(52-23-8-3-9-24-52)59-30-15-14-29-57(59)64(58)55-27-12-10-25-53(55)54-26-11-13-28-56(54)64/h1-42H. The third-order valence-electron chi connectivity index (χ3n) is 13.7. The minimum Gasteiger partial charge on any atom is -0.310 e. The normalized spacial score (nSPS) is 12.8. The van der Waals surface area contributed by atoms with Gasteiger partial charge in [-0.3, -0.25) is 0 Å². The zero-order valence-electron chi connectivity index (χ0n) is 37.0. The second kappa shape index (κ2) is 16.2. The Balaban J connectivity index is 0.925. The predicted octanol–water partition coefficient (Wildman–Crippen LogP) is 16.0. The minimum absolute atomic E-state index is 0.509. The summed E-state index contributed by atoms with van der Waals surface area (Å²) in [5.41, 5.74) is 20.3. The lowest BCUT2D eigenvalue weighted by molar-refractivity contribution is 0.753. The fraction of sp³-hybridized carbons (Fsp3) is 0.0156. The van der Waals surface area contributed by atoms with Crippen molar-refractivity contribution in [2.24, 2.45) is 0 Å². The molecule has 0 saturated carbocycles. The molecule has 318 valence electrons. The van der Waals surface area contributed by atoms with Crippen LogP contribution >= 0.6 is 0 Å². The van der Waals surface area contributed by atoms with Crippen LogP contribution in [-0.4, -0.2) is 15.0 Å². The molecule has 0 atom stereocenters. The van der Waals surface area contributed by atoms with Gasteiger partial charge in [0.25, 0.3) is 0 Å². The van der Waals surface area contributed by atoms with Crippen molar-refractivity contribution in [3.63, 3.8) is 0 Å². The maximum Gasteiger partial charge on any atom is 0.164 e. The lowest BCUT2D eigenvalue weighted by Gasteiger charge is -2.45. The summed E-state index contributed by atoms with van der Waals surface area (Å²) in [6.45, 7) is 0. The van der Waals surface area contributed by atoms with Crippen molar-refractivity contribution in [2.45, 2.75) is 5.41 Å². The molecule has 0 saturated heterocycles. The summed E-state index contributed by atoms with van der Waals surface area (Å²) in [5.74, 6) is 1.87. The summed E-state index contributed by atoms with van der Waals surface area (Å²) in [5, 5.41) is 0. The molecule has 10 aromatic carbocycles. The topological polar surface area (TPSA) is 41.9 Å². The number of fused-ring (bicyclic) bond motifs is 9. The van der Waals surface area contributed by atoms with E-state index >= 15 is 0 Å². The molecule has 0 bridgehead atoms. The van der Waals surface area contributed by atoms with E-state index in [9.17, 15) is 0 Å². The maximum absolute atomic E-state index is 5.19. The molecule has 4 nitrogen and oxygen atoms in total. The number of para-hydroxylation sites is 2. The van der Waals surface area contributed by atoms with E-state index in [4.69, 9.17) is 15.0 Å². The van der Waals surface area contributed by atoms with Crippen molar-refractivity contribution in [1.29, 1.82) is 0 Å². The van der Waals surface area contributed by atoms with Crippen LogP contribution < -0.4 is 4.90 Å². The Labute approximate surface area is 396 Å². The molecule has 1 spiro atoms. The van der Waals surface area contributed by atoms with Gasteiger partial charge in [0.2, 0.25) is 0 Å². The van der Waals surface area contributed by atoms with Gasteiger partial charge in [-0.25, -0.2) is 15.0 Å². The first-order chi connectivity index (χ1) is 33.7. The van der Waals surface area contributed by atoms with E-state index in [-0.39, 0.29) is 0 Å². The Hall–Kier alpha value is -8.99. The molecule has 0 unspecified atom stereocenters. The number of anilines is 3. The lowest BCUT2D eigenvalue weighted by Crippen LogP contribution is -2.36. The van der Waals surface area contributed by atoms with Gasteiger partial charge in [-0.2, -0.15) is 0 Å². The first-order valence-corrected chi connectivity index (χ1v) is 23.2. The Kier molecular flexibility index (Phi) is 9.36. The summed E-state index contributed by atoms with van der Waals surface area (Å²) in [4.78, 5) is 17.8. The molecule has 2 aliphatic rings. The van der Waals surface area contributed by atoms with Crippen LogP contribution in [0.1, 0.15) is 22.3 Å². The summed E-state index contributed by atoms with van der Waals surface area (Å²) in [6.07, 6.45) is 0. The predicted molar refractivity (Wildman–Crippen MR) is 278 cm³/mol. The Morgan fingerprint density at radius 3 is 1.24 bits per heavy atom. The van der Waals surface area contributed by atoms with E-state index in [1.165, 1.54) is 50.2 Å². The number of aromatic nitrogens is 3. The van der Waals surface area contributed by atoms with Gasteiger partial charge in [-0.05, 0) is 97.1 Å². The molecule has 11 aromatic rings. The molecule has 0 fully saturated rings. The van der Waals surface area contributed by atoms with Gasteiger partial charge in [-0.1, -0.05) is 224 Å². The second-order valence-corrected chi connectivity index (χ2v) is 17.5. The van der Waals surface area contributed by atoms with Crippen molar-refractivity contribution in [3.8, 4) is 78.7 Å². The first kappa shape index (κ1) is 39.4. The highest BCUT2D eigenvalue weighted by Gasteiger charge is 2.51. The monoisotopic (exact) mass is 866 g/mol. The molecule has 2 heterocycles. The third-order valence-corrected chi connectivity index (χ3v) is 13.7. The zero-order chi connectivity index (χ0) is 45.0. The summed E-state index contributed by atoms with van der Waals surface area (Å²) in [7, 11) is 0. The fourth-order valence-corrected chi connectivity index (χ4v) is 10.6. The van der Waals surface area contributed by atoms with Crippen LogP contribution in [0.5, 0.6) is 0 Å². The molecule has 4 heteroatoms. The van der Waals surface area contributed by atoms with Crippen molar-refractivity contribution < 1.29 is 0 Å². The molecule has 13 rings (SSSR count). The molecular weight excluding hydrogens is 825 g/mol. The summed E-state index contributed by atoms with van der Waals surface area (Å²) < 4.78 is 0. The lowest BCUT2D eigenvalue weighted by atomic mass is 9.64. The summed E-state index contributed by atoms with van der Waals surface area (Å²) in [6, 6.07) is 91.3. The molecule has 0 amide bonds. The fourth-order valence-electron chi connectivity index (χ4n) is 10.6. The van der Waals surface area contributed by atoms with Crippen LogP contribution in [0, 0.1) is 0 Å². The van der Waals surface area contributed by atoms with Crippen LogP contribution in [0.4, 0.5) is 17.1 Å². The smallest absolute Gasteiger partial charge is 0.164 e. The number of benzene rings is 10. The van der Waals surface area contributed by atoms with Crippen molar-refractivity contribution >= 4 is 17.1 Å². The maximum atomic E-state index is 5.19. The Bertz CT molecular complexity index is 3620. The van der Waals surface area contributed by atoms with Crippen LogP contribution in [0.25, 0.3) is 78.7 Å². The number of hydrogen-bond donors (Lipinski definition) is 0. The molecule has 68 heavy (non-hydrogen) atoms. The van der Waals surface area contributed by atoms with E-state index in [0.717, 1.165) is 50.3 Å². The SMILES string of the molecule is c1ccc(-c2ccc(-c3ccc(-c4nc(-c5ccccc5)nc(-c5cccc(-c6ccc7c(c6)N(c6ccccc6)c6ccccc6C76c7ccccc7-c7ccccc76)c5)n4)cc3)cc2)cc1. The first-order valence-electron chi connectivity index (χ1n) is 23.2. The summed E-state index contributed by atoms with van der Waals surface area (Å²) >= 11 is 0. The van der Waals surface area contributed by atoms with Crippen molar-refractivity contribution in [2.75, 3.05) is 4.90 Å². The van der Waals surface area contributed by atoms with Gasteiger partial charge in [0.05, 0.1) is 16.8 Å². The molecule has 1 aliphatic heterocycles. The highest BCUT2D eigenvalue weighted by atomic mass is 15.2. The largest absolute Gasteiger partial charge is 0.310 e. The van der Waals surface area contributed by atoms with E-state index < -0.39 is 5.41 Å². The van der Waals surface area contributed by atoms with Crippen LogP contribution in [0.2, 0.25) is 0 Å². The van der Waals surface area contributed by atoms with E-state index in [1.807, 2.05) is 24.3 Å². The van der Waals surface area contributed by atoms with E-state index in [0.29, 0.717) is 17.5 Å². The molecule has 0 N–H and O–H groups in total. The van der Waals surface area contributed by atoms with Crippen molar-refractivity contribution in [3.05, 3.63) is 277 Å². The number of rotatable bonds is 7. The number of hydrogen-bond acceptors (Lipinski definition) is 4. The highest BCUT2D eigenvalue weighted by Crippen LogP contribution is 2.63. The highest BCUT2D eigenvalue weighted by molar-refractivity contribution is 5.97. The van der Waals surface area contributed by atoms with Gasteiger partial charge >= 0.3 is 0 Å². The number of nitrogens with zero attached hydrogens (tertiary/aromatic N) is 4. The van der Waals surface area contributed by atoms with Crippen LogP contribution in [0.3, 0.4) is 0 Å². The van der Waals surface area contributed by atoms with E-state index in [2.05, 4.69) is 235 Å². The minimum atomic E-state index is -0.509. The zero-order valence-corrected chi connectivity index (χ0v) is 37.0. The van der Waals surface area contributed by atoms with Gasteiger partial charge in [0.15, 0.2) is 17.5 Å². The Morgan fingerprint density at radius 1 is 0.250 bits per heavy atom.